The summed E-state index contributed by atoms with van der Waals surface area (Å²) in [4.78, 5) is 17.8. The molecule has 4 aromatic rings. The number of nitrogens with one attached hydrogen (secondary N) is 1. The van der Waals surface area contributed by atoms with Gasteiger partial charge in [-0.15, -0.1) is 0 Å². The molecule has 0 aliphatic carbocycles. The molecular formula is C21H21ClN6O2. The van der Waals surface area contributed by atoms with Crippen LogP contribution < -0.4 is 10.1 Å². The number of nitrogens with zero attached hydrogens (tertiary/aromatic N) is 5. The lowest BCUT2D eigenvalue weighted by molar-refractivity contribution is 0.0951. The average Bonchev–Trinajstić information content (AvgIpc) is 3.33. The van der Waals surface area contributed by atoms with Crippen molar-refractivity contribution in [3.63, 3.8) is 0 Å². The number of aryl methyl sites for hydroxylation is 2. The lowest BCUT2D eigenvalue weighted by atomic mass is 10.1. The molecule has 0 saturated heterocycles. The second-order valence-corrected chi connectivity index (χ2v) is 7.13. The van der Waals surface area contributed by atoms with Crippen LogP contribution in [0.5, 0.6) is 5.75 Å². The van der Waals surface area contributed by atoms with Crippen molar-refractivity contribution in [3.05, 3.63) is 59.0 Å². The number of amides is 1. The van der Waals surface area contributed by atoms with Crippen molar-refractivity contribution < 1.29 is 9.53 Å². The first-order chi connectivity index (χ1) is 14.5. The highest BCUT2D eigenvalue weighted by atomic mass is 35.5. The van der Waals surface area contributed by atoms with Crippen molar-refractivity contribution in [2.45, 2.75) is 20.0 Å². The molecule has 154 valence electrons. The highest BCUT2D eigenvalue weighted by molar-refractivity contribution is 6.31. The number of rotatable bonds is 6. The lowest BCUT2D eigenvalue weighted by Gasteiger charge is -2.10. The molecule has 9 heteroatoms. The summed E-state index contributed by atoms with van der Waals surface area (Å²) in [6.45, 7) is 2.91. The molecule has 0 aliphatic heterocycles. The van der Waals surface area contributed by atoms with Crippen LogP contribution in [0.3, 0.4) is 0 Å². The molecule has 1 aromatic carbocycles. The van der Waals surface area contributed by atoms with E-state index >= 15 is 0 Å². The summed E-state index contributed by atoms with van der Waals surface area (Å²) in [7, 11) is 3.42. The molecule has 0 fully saturated rings. The van der Waals surface area contributed by atoms with Gasteiger partial charge in [0.1, 0.15) is 5.75 Å². The molecule has 3 aromatic heterocycles. The summed E-state index contributed by atoms with van der Waals surface area (Å²) in [5.74, 6) is 0.521. The Labute approximate surface area is 178 Å². The fourth-order valence-electron chi connectivity index (χ4n) is 3.31. The molecule has 0 radical (unpaired) electrons. The van der Waals surface area contributed by atoms with Crippen LogP contribution in [0.2, 0.25) is 5.02 Å². The predicted molar refractivity (Wildman–Crippen MR) is 115 cm³/mol. The number of ether oxygens (including phenoxy) is 1. The maximum atomic E-state index is 13.1. The number of aromatic nitrogens is 5. The quantitative estimate of drug-likeness (QED) is 0.512. The van der Waals surface area contributed by atoms with Gasteiger partial charge in [0, 0.05) is 19.2 Å². The van der Waals surface area contributed by atoms with Crippen LogP contribution in [0.25, 0.3) is 22.3 Å². The van der Waals surface area contributed by atoms with Crippen molar-refractivity contribution in [1.29, 1.82) is 0 Å². The Balaban J connectivity index is 1.70. The molecule has 3 heterocycles. The summed E-state index contributed by atoms with van der Waals surface area (Å²) < 4.78 is 8.64. The normalized spacial score (nSPS) is 11.1. The van der Waals surface area contributed by atoms with Gasteiger partial charge in [-0.3, -0.25) is 14.2 Å². The van der Waals surface area contributed by atoms with Crippen molar-refractivity contribution in [3.8, 4) is 17.0 Å². The fourth-order valence-corrected chi connectivity index (χ4v) is 3.52. The van der Waals surface area contributed by atoms with E-state index in [-0.39, 0.29) is 12.5 Å². The Bertz CT molecular complexity index is 1210. The largest absolute Gasteiger partial charge is 0.497 e. The Morgan fingerprint density at radius 1 is 1.20 bits per heavy atom. The molecule has 4 rings (SSSR count). The van der Waals surface area contributed by atoms with Crippen LogP contribution >= 0.6 is 11.6 Å². The van der Waals surface area contributed by atoms with Crippen LogP contribution in [0.1, 0.15) is 23.0 Å². The Kier molecular flexibility index (Phi) is 5.41. The van der Waals surface area contributed by atoms with Crippen molar-refractivity contribution in [2.24, 2.45) is 7.05 Å². The maximum Gasteiger partial charge on any atom is 0.252 e. The van der Waals surface area contributed by atoms with E-state index in [0.717, 1.165) is 17.0 Å². The molecule has 0 aliphatic rings. The zero-order valence-electron chi connectivity index (χ0n) is 16.9. The van der Waals surface area contributed by atoms with Gasteiger partial charge in [-0.25, -0.2) is 4.98 Å². The van der Waals surface area contributed by atoms with E-state index in [1.54, 1.807) is 42.0 Å². The summed E-state index contributed by atoms with van der Waals surface area (Å²) in [5, 5.41) is 12.6. The minimum Gasteiger partial charge on any atom is -0.497 e. The van der Waals surface area contributed by atoms with Crippen molar-refractivity contribution in [2.75, 3.05) is 7.11 Å². The summed E-state index contributed by atoms with van der Waals surface area (Å²) in [5.41, 5.74) is 3.44. The van der Waals surface area contributed by atoms with Crippen molar-refractivity contribution >= 4 is 28.5 Å². The van der Waals surface area contributed by atoms with Crippen LogP contribution in [0.4, 0.5) is 0 Å². The Hall–Kier alpha value is -3.39. The molecule has 0 bridgehead atoms. The molecule has 0 spiro atoms. The second kappa shape index (κ2) is 8.16. The SMILES string of the molecule is CCn1ncc(Cl)c1CNC(=O)c1cc(-c2ccc(OC)cc2)nc2c1cnn2C. The van der Waals surface area contributed by atoms with Gasteiger partial charge in [0.15, 0.2) is 5.65 Å². The van der Waals surface area contributed by atoms with E-state index in [0.29, 0.717) is 33.9 Å². The zero-order valence-corrected chi connectivity index (χ0v) is 17.6. The number of benzene rings is 1. The van der Waals surface area contributed by atoms with Crippen molar-refractivity contribution in [1.82, 2.24) is 29.9 Å². The second-order valence-electron chi connectivity index (χ2n) is 6.73. The van der Waals surface area contributed by atoms with E-state index in [4.69, 9.17) is 21.3 Å². The first kappa shape index (κ1) is 19.9. The number of hydrogen-bond acceptors (Lipinski definition) is 5. The van der Waals surface area contributed by atoms with Gasteiger partial charge in [-0.1, -0.05) is 11.6 Å². The number of hydrogen-bond donors (Lipinski definition) is 1. The highest BCUT2D eigenvalue weighted by Crippen LogP contribution is 2.26. The van der Waals surface area contributed by atoms with E-state index in [1.807, 2.05) is 31.2 Å². The van der Waals surface area contributed by atoms with Crippen LogP contribution in [-0.4, -0.2) is 37.6 Å². The molecule has 0 unspecified atom stereocenters. The Morgan fingerprint density at radius 3 is 2.67 bits per heavy atom. The molecule has 0 saturated carbocycles. The predicted octanol–water partition coefficient (Wildman–Crippen LogP) is 3.44. The summed E-state index contributed by atoms with van der Waals surface area (Å²) >= 11 is 6.21. The monoisotopic (exact) mass is 424 g/mol. The topological polar surface area (TPSA) is 86.9 Å². The fraction of sp³-hybridized carbons (Fsp3) is 0.238. The van der Waals surface area contributed by atoms with E-state index in [1.165, 1.54) is 0 Å². The first-order valence-electron chi connectivity index (χ1n) is 9.47. The number of carbonyl (C=O) groups is 1. The zero-order chi connectivity index (χ0) is 21.3. The van der Waals surface area contributed by atoms with Gasteiger partial charge in [0.05, 0.1) is 53.4 Å². The standard InChI is InChI=1S/C21H21ClN6O2/c1-4-28-19(17(22)11-25-28)12-23-21(29)15-9-18(13-5-7-14(30-3)8-6-13)26-20-16(15)10-24-27(20)2/h5-11H,4,12H2,1-3H3,(H,23,29). The molecule has 8 nitrogen and oxygen atoms in total. The molecule has 0 atom stereocenters. The van der Waals surface area contributed by atoms with Crippen LogP contribution in [0, 0.1) is 0 Å². The third-order valence-electron chi connectivity index (χ3n) is 4.95. The minimum atomic E-state index is -0.231. The number of methoxy groups -OCH3 is 1. The van der Waals surface area contributed by atoms with E-state index in [9.17, 15) is 4.79 Å². The van der Waals surface area contributed by atoms with Gasteiger partial charge in [0.25, 0.3) is 5.91 Å². The van der Waals surface area contributed by atoms with Gasteiger partial charge < -0.3 is 10.1 Å². The number of fused-ring (bicyclic) bond motifs is 1. The minimum absolute atomic E-state index is 0.231. The first-order valence-corrected chi connectivity index (χ1v) is 9.85. The molecule has 1 N–H and O–H groups in total. The number of pyridine rings is 1. The smallest absolute Gasteiger partial charge is 0.252 e. The number of halogens is 1. The Morgan fingerprint density at radius 2 is 1.97 bits per heavy atom. The van der Waals surface area contributed by atoms with Gasteiger partial charge in [0.2, 0.25) is 0 Å². The average molecular weight is 425 g/mol. The van der Waals surface area contributed by atoms with Crippen LogP contribution in [-0.2, 0) is 20.1 Å². The lowest BCUT2D eigenvalue weighted by Crippen LogP contribution is -2.25. The van der Waals surface area contributed by atoms with E-state index in [2.05, 4.69) is 15.5 Å². The third kappa shape index (κ3) is 3.61. The highest BCUT2D eigenvalue weighted by Gasteiger charge is 2.18. The van der Waals surface area contributed by atoms with Gasteiger partial charge >= 0.3 is 0 Å². The maximum absolute atomic E-state index is 13.1. The van der Waals surface area contributed by atoms with Crippen LogP contribution in [0.15, 0.2) is 42.7 Å². The van der Waals surface area contributed by atoms with E-state index < -0.39 is 0 Å². The summed E-state index contributed by atoms with van der Waals surface area (Å²) in [6, 6.07) is 9.31. The third-order valence-corrected chi connectivity index (χ3v) is 5.26. The molecule has 1 amide bonds. The molecule has 30 heavy (non-hydrogen) atoms. The van der Waals surface area contributed by atoms with Gasteiger partial charge in [-0.2, -0.15) is 10.2 Å². The summed E-state index contributed by atoms with van der Waals surface area (Å²) in [6.07, 6.45) is 3.23. The van der Waals surface area contributed by atoms with Gasteiger partial charge in [-0.05, 0) is 37.3 Å². The molecular weight excluding hydrogens is 404 g/mol. The number of carbonyl (C=O) groups excluding carboxylic acids is 1.